The van der Waals surface area contributed by atoms with Gasteiger partial charge in [0.05, 0.1) is 0 Å². The third-order valence-electron chi connectivity index (χ3n) is 3.01. The van der Waals surface area contributed by atoms with E-state index in [4.69, 9.17) is 12.2 Å². The van der Waals surface area contributed by atoms with Crippen LogP contribution in [0.15, 0.2) is 48.5 Å². The number of rotatable bonds is 4. The molecule has 0 unspecified atom stereocenters. The number of hydrogen-bond donors (Lipinski definition) is 2. The first-order valence-corrected chi connectivity index (χ1v) is 7.36. The molecule has 0 atom stereocenters. The van der Waals surface area contributed by atoms with Crippen LogP contribution in [0.25, 0.3) is 16.8 Å². The van der Waals surface area contributed by atoms with Crippen LogP contribution in [-0.4, -0.2) is 17.6 Å². The molecular weight excluding hydrogens is 280 g/mol. The number of carbonyl (C=O) groups is 1. The second-order valence-electron chi connectivity index (χ2n) is 4.65. The summed E-state index contributed by atoms with van der Waals surface area (Å²) in [4.78, 5) is 11.8. The Balaban J connectivity index is 2.06. The first-order valence-electron chi connectivity index (χ1n) is 6.95. The Labute approximate surface area is 130 Å². The fourth-order valence-corrected chi connectivity index (χ4v) is 2.20. The summed E-state index contributed by atoms with van der Waals surface area (Å²) in [5, 5.41) is 8.22. The third-order valence-corrected chi connectivity index (χ3v) is 3.26. The van der Waals surface area contributed by atoms with Crippen LogP contribution in [-0.2, 0) is 4.79 Å². The van der Waals surface area contributed by atoms with Gasteiger partial charge in [-0.05, 0) is 41.1 Å². The highest BCUT2D eigenvalue weighted by atomic mass is 32.1. The molecule has 2 aromatic carbocycles. The van der Waals surface area contributed by atoms with Crippen LogP contribution in [0.5, 0.6) is 0 Å². The van der Waals surface area contributed by atoms with Crippen LogP contribution in [0.4, 0.5) is 0 Å². The number of thiocarbonyl (C=S) groups is 1. The number of hydrogen-bond acceptors (Lipinski definition) is 2. The zero-order valence-corrected chi connectivity index (χ0v) is 12.7. The zero-order valence-electron chi connectivity index (χ0n) is 11.9. The fourth-order valence-electron chi connectivity index (χ4n) is 2.00. The van der Waals surface area contributed by atoms with Gasteiger partial charge < -0.3 is 5.32 Å². The first kappa shape index (κ1) is 15.2. The summed E-state index contributed by atoms with van der Waals surface area (Å²) in [6, 6.07) is 14.1. The largest absolute Gasteiger partial charge is 0.362 e. The molecule has 3 nitrogen and oxygen atoms in total. The van der Waals surface area contributed by atoms with E-state index in [0.717, 1.165) is 29.3 Å². The van der Waals surface area contributed by atoms with Crippen LogP contribution in [0.1, 0.15) is 18.9 Å². The lowest BCUT2D eigenvalue weighted by Crippen LogP contribution is -2.38. The van der Waals surface area contributed by atoms with Crippen molar-refractivity contribution in [2.45, 2.75) is 13.3 Å². The lowest BCUT2D eigenvalue weighted by Gasteiger charge is -2.06. The Bertz CT molecular complexity index is 674. The molecule has 4 heteroatoms. The van der Waals surface area contributed by atoms with Gasteiger partial charge in [0.25, 0.3) is 0 Å². The minimum absolute atomic E-state index is 0.225. The van der Waals surface area contributed by atoms with Crippen LogP contribution in [0.3, 0.4) is 0 Å². The van der Waals surface area contributed by atoms with Crippen molar-refractivity contribution in [3.8, 4) is 0 Å². The molecule has 2 rings (SSSR count). The summed E-state index contributed by atoms with van der Waals surface area (Å²) in [5.41, 5.74) is 1.01. The summed E-state index contributed by atoms with van der Waals surface area (Å²) in [5.74, 6) is -0.225. The molecule has 108 valence electrons. The molecule has 21 heavy (non-hydrogen) atoms. The van der Waals surface area contributed by atoms with Gasteiger partial charge in [0, 0.05) is 12.6 Å². The van der Waals surface area contributed by atoms with E-state index < -0.39 is 0 Å². The number of carbonyl (C=O) groups excluding carboxylic acids is 1. The van der Waals surface area contributed by atoms with Crippen LogP contribution < -0.4 is 10.6 Å². The summed E-state index contributed by atoms with van der Waals surface area (Å²) >= 11 is 5.03. The second kappa shape index (κ2) is 7.55. The molecule has 0 saturated heterocycles. The molecule has 1 amide bonds. The molecule has 0 aliphatic carbocycles. The van der Waals surface area contributed by atoms with E-state index in [-0.39, 0.29) is 5.91 Å². The maximum absolute atomic E-state index is 11.8. The Hall–Kier alpha value is -2.20. The van der Waals surface area contributed by atoms with E-state index in [0.29, 0.717) is 5.11 Å². The maximum Gasteiger partial charge on any atom is 0.250 e. The van der Waals surface area contributed by atoms with Gasteiger partial charge in [-0.3, -0.25) is 10.1 Å². The minimum Gasteiger partial charge on any atom is -0.362 e. The average Bonchev–Trinajstić information content (AvgIpc) is 2.51. The monoisotopic (exact) mass is 298 g/mol. The van der Waals surface area contributed by atoms with Crippen LogP contribution in [0.2, 0.25) is 0 Å². The van der Waals surface area contributed by atoms with Crippen molar-refractivity contribution in [3.63, 3.8) is 0 Å². The molecule has 2 N–H and O–H groups in total. The average molecular weight is 298 g/mol. The Morgan fingerprint density at radius 1 is 1.19 bits per heavy atom. The molecule has 0 fully saturated rings. The zero-order chi connectivity index (χ0) is 15.1. The lowest BCUT2D eigenvalue weighted by atomic mass is 10.0. The van der Waals surface area contributed by atoms with Gasteiger partial charge >= 0.3 is 0 Å². The topological polar surface area (TPSA) is 41.1 Å². The number of fused-ring (bicyclic) bond motifs is 1. The summed E-state index contributed by atoms with van der Waals surface area (Å²) < 4.78 is 0. The van der Waals surface area contributed by atoms with Crippen molar-refractivity contribution < 1.29 is 4.79 Å². The lowest BCUT2D eigenvalue weighted by molar-refractivity contribution is -0.115. The van der Waals surface area contributed by atoms with Crippen molar-refractivity contribution in [2.24, 2.45) is 0 Å². The highest BCUT2D eigenvalue weighted by Gasteiger charge is 2.01. The highest BCUT2D eigenvalue weighted by Crippen LogP contribution is 2.19. The standard InChI is InChI=1S/C17H18N2OS/c1-2-12-18-17(21)19-16(20)11-10-14-8-5-7-13-6-3-4-9-15(13)14/h3-11H,2,12H2,1H3,(H2,18,19,20,21)/b11-10+. The van der Waals surface area contributed by atoms with Gasteiger partial charge in [-0.1, -0.05) is 49.4 Å². The molecule has 0 aliphatic heterocycles. The van der Waals surface area contributed by atoms with Gasteiger partial charge in [-0.15, -0.1) is 0 Å². The van der Waals surface area contributed by atoms with E-state index in [1.807, 2.05) is 37.3 Å². The molecule has 0 spiro atoms. The maximum atomic E-state index is 11.8. The molecule has 0 radical (unpaired) electrons. The van der Waals surface area contributed by atoms with Crippen molar-refractivity contribution in [1.82, 2.24) is 10.6 Å². The molecule has 0 saturated carbocycles. The molecule has 0 aliphatic rings. The SMILES string of the molecule is CCCNC(=S)NC(=O)/C=C/c1cccc2ccccc12. The Morgan fingerprint density at radius 3 is 2.76 bits per heavy atom. The number of amides is 1. The van der Waals surface area contributed by atoms with Gasteiger partial charge in [0.2, 0.25) is 5.91 Å². The minimum atomic E-state index is -0.225. The molecule has 0 heterocycles. The smallest absolute Gasteiger partial charge is 0.250 e. The van der Waals surface area contributed by atoms with Crippen LogP contribution in [0, 0.1) is 0 Å². The number of benzene rings is 2. The normalized spacial score (nSPS) is 10.7. The predicted octanol–water partition coefficient (Wildman–Crippen LogP) is 3.25. The van der Waals surface area contributed by atoms with E-state index in [2.05, 4.69) is 22.8 Å². The predicted molar refractivity (Wildman–Crippen MR) is 92.0 cm³/mol. The van der Waals surface area contributed by atoms with Crippen molar-refractivity contribution in [3.05, 3.63) is 54.1 Å². The van der Waals surface area contributed by atoms with E-state index in [1.165, 1.54) is 6.08 Å². The Morgan fingerprint density at radius 2 is 1.95 bits per heavy atom. The quantitative estimate of drug-likeness (QED) is 0.672. The van der Waals surface area contributed by atoms with Crippen molar-refractivity contribution >= 4 is 40.1 Å². The fraction of sp³-hybridized carbons (Fsp3) is 0.176. The molecular formula is C17H18N2OS. The molecule has 2 aromatic rings. The van der Waals surface area contributed by atoms with Gasteiger partial charge in [-0.2, -0.15) is 0 Å². The van der Waals surface area contributed by atoms with E-state index in [9.17, 15) is 4.79 Å². The summed E-state index contributed by atoms with van der Waals surface area (Å²) in [7, 11) is 0. The summed E-state index contributed by atoms with van der Waals surface area (Å²) in [6.07, 6.45) is 4.27. The van der Waals surface area contributed by atoms with Gasteiger partial charge in [0.1, 0.15) is 0 Å². The highest BCUT2D eigenvalue weighted by molar-refractivity contribution is 7.80. The number of nitrogens with one attached hydrogen (secondary N) is 2. The first-order chi connectivity index (χ1) is 10.2. The van der Waals surface area contributed by atoms with Gasteiger partial charge in [-0.25, -0.2) is 0 Å². The molecule has 0 bridgehead atoms. The Kier molecular flexibility index (Phi) is 5.46. The van der Waals surface area contributed by atoms with Crippen molar-refractivity contribution in [1.29, 1.82) is 0 Å². The third kappa shape index (κ3) is 4.39. The van der Waals surface area contributed by atoms with Crippen LogP contribution >= 0.6 is 12.2 Å². The van der Waals surface area contributed by atoms with E-state index in [1.54, 1.807) is 6.08 Å². The molecule has 0 aromatic heterocycles. The second-order valence-corrected chi connectivity index (χ2v) is 5.06. The summed E-state index contributed by atoms with van der Waals surface area (Å²) in [6.45, 7) is 2.80. The van der Waals surface area contributed by atoms with Crippen molar-refractivity contribution in [2.75, 3.05) is 6.54 Å². The van der Waals surface area contributed by atoms with Gasteiger partial charge in [0.15, 0.2) is 5.11 Å². The van der Waals surface area contributed by atoms with E-state index >= 15 is 0 Å².